The molecule has 6 aromatic rings. The molecule has 3 aromatic carbocycles. The second kappa shape index (κ2) is 13.8. The summed E-state index contributed by atoms with van der Waals surface area (Å²) >= 11 is 0. The fraction of sp³-hybridized carbons (Fsp3) is 0.231. The molecule has 11 heteroatoms. The summed E-state index contributed by atoms with van der Waals surface area (Å²) in [6.45, 7) is 6.32. The summed E-state index contributed by atoms with van der Waals surface area (Å²) in [6, 6.07) is 26.1. The highest BCUT2D eigenvalue weighted by Gasteiger charge is 2.25. The molecule has 0 radical (unpaired) electrons. The van der Waals surface area contributed by atoms with Gasteiger partial charge in [-0.2, -0.15) is 0 Å². The smallest absolute Gasteiger partial charge is 0.261 e. The number of β-amino-alcohol motifs (C(OH)–C–C–N with tert-alkyl or cyclic N) is 1. The number of nitrogens with zero attached hydrogens (tertiary/aromatic N) is 5. The summed E-state index contributed by atoms with van der Waals surface area (Å²) in [5, 5.41) is 16.1. The third-order valence-electron chi connectivity index (χ3n) is 8.85. The Hall–Kier alpha value is -5.52. The van der Waals surface area contributed by atoms with E-state index in [0.717, 1.165) is 43.8 Å². The number of hydrogen-bond donors (Lipinski definition) is 3. The van der Waals surface area contributed by atoms with E-state index in [1.807, 2.05) is 66.9 Å². The summed E-state index contributed by atoms with van der Waals surface area (Å²) < 4.78 is 30.5. The molecule has 0 spiro atoms. The number of carbonyl (C=O) groups is 1. The summed E-state index contributed by atoms with van der Waals surface area (Å²) in [7, 11) is 0. The van der Waals surface area contributed by atoms with Gasteiger partial charge in [-0.25, -0.2) is 23.7 Å². The van der Waals surface area contributed by atoms with Gasteiger partial charge in [-0.15, -0.1) is 0 Å². The van der Waals surface area contributed by atoms with Crippen molar-refractivity contribution in [3.05, 3.63) is 126 Å². The quantitative estimate of drug-likeness (QED) is 0.145. The summed E-state index contributed by atoms with van der Waals surface area (Å²) in [5.41, 5.74) is 4.46. The predicted octanol–water partition coefficient (Wildman–Crippen LogP) is 7.68. The van der Waals surface area contributed by atoms with Crippen molar-refractivity contribution in [2.75, 3.05) is 30.3 Å². The number of benzene rings is 3. The highest BCUT2D eigenvalue weighted by atomic mass is 19.1. The number of hydrogen-bond acceptors (Lipinski definition) is 7. The molecule has 0 aliphatic carbocycles. The third kappa shape index (κ3) is 7.24. The zero-order valence-electron chi connectivity index (χ0n) is 27.8. The molecule has 3 aromatic heterocycles. The molecule has 1 fully saturated rings. The second-order valence-electron chi connectivity index (χ2n) is 13.2. The van der Waals surface area contributed by atoms with Crippen molar-refractivity contribution in [3.63, 3.8) is 0 Å². The molecule has 3 N–H and O–H groups in total. The normalized spacial score (nSPS) is 14.2. The Kier molecular flexibility index (Phi) is 9.09. The van der Waals surface area contributed by atoms with Crippen molar-refractivity contribution in [1.82, 2.24) is 24.3 Å². The van der Waals surface area contributed by atoms with Gasteiger partial charge in [0, 0.05) is 35.9 Å². The molecule has 1 amide bonds. The summed E-state index contributed by atoms with van der Waals surface area (Å²) in [6.07, 6.45) is 5.69. The highest BCUT2D eigenvalue weighted by Crippen LogP contribution is 2.34. The van der Waals surface area contributed by atoms with E-state index in [-0.39, 0.29) is 0 Å². The molecule has 0 bridgehead atoms. The van der Waals surface area contributed by atoms with Gasteiger partial charge in [0.05, 0.1) is 22.7 Å². The topological polar surface area (TPSA) is 108 Å². The van der Waals surface area contributed by atoms with Crippen LogP contribution in [-0.4, -0.2) is 60.5 Å². The van der Waals surface area contributed by atoms with Crippen molar-refractivity contribution in [2.24, 2.45) is 0 Å². The number of piperidine rings is 1. The third-order valence-corrected chi connectivity index (χ3v) is 8.85. The fourth-order valence-corrected chi connectivity index (χ4v) is 6.58. The molecular weight excluding hydrogens is 636 g/mol. The molecule has 50 heavy (non-hydrogen) atoms. The Morgan fingerprint density at radius 1 is 0.900 bits per heavy atom. The Morgan fingerprint density at radius 3 is 2.38 bits per heavy atom. The fourth-order valence-electron chi connectivity index (χ4n) is 6.58. The maximum absolute atomic E-state index is 14.3. The minimum atomic E-state index is -0.940. The van der Waals surface area contributed by atoms with Gasteiger partial charge in [-0.05, 0) is 106 Å². The first-order chi connectivity index (χ1) is 24.1. The standard InChI is InChI=1S/C39H37F2N7O2/c1-39(2,50)24-47-21-17-26(18-22-47)25-12-14-28(15-13-25)44-38-42-19-16-32(45-38)36-35(46-33-11-3-4-20-48(33)36)27-7-5-8-29(23-27)43-37(49)34-30(40)9-6-10-31(34)41/h3-16,19-20,23,26,50H,17-18,21-22,24H2,1-2H3,(H,43,49)(H,42,44,45). The highest BCUT2D eigenvalue weighted by molar-refractivity contribution is 6.05. The SMILES string of the molecule is CC(C)(O)CN1CCC(c2ccc(Nc3nccc(-c4c(-c5cccc(NC(=O)c6c(F)cccc6F)c5)nc5ccccn45)n3)cc2)CC1. The number of aliphatic hydroxyl groups is 1. The minimum Gasteiger partial charge on any atom is -0.389 e. The first-order valence-electron chi connectivity index (χ1n) is 16.6. The van der Waals surface area contributed by atoms with E-state index in [9.17, 15) is 18.7 Å². The van der Waals surface area contributed by atoms with Crippen LogP contribution in [0.5, 0.6) is 0 Å². The lowest BCUT2D eigenvalue weighted by molar-refractivity contribution is 0.0281. The number of likely N-dealkylation sites (tertiary alicyclic amines) is 1. The van der Waals surface area contributed by atoms with E-state index in [4.69, 9.17) is 9.97 Å². The van der Waals surface area contributed by atoms with Gasteiger partial charge >= 0.3 is 0 Å². The maximum atomic E-state index is 14.3. The molecule has 0 unspecified atom stereocenters. The van der Waals surface area contributed by atoms with Crippen LogP contribution in [0.4, 0.5) is 26.1 Å². The largest absolute Gasteiger partial charge is 0.389 e. The van der Waals surface area contributed by atoms with Gasteiger partial charge in [0.15, 0.2) is 0 Å². The van der Waals surface area contributed by atoms with E-state index in [0.29, 0.717) is 52.4 Å². The molecule has 7 rings (SSSR count). The first kappa shape index (κ1) is 33.0. The summed E-state index contributed by atoms with van der Waals surface area (Å²) in [5.74, 6) is -1.88. The van der Waals surface area contributed by atoms with Crippen molar-refractivity contribution >= 4 is 28.9 Å². The van der Waals surface area contributed by atoms with Crippen LogP contribution in [0.2, 0.25) is 0 Å². The van der Waals surface area contributed by atoms with Gasteiger partial charge in [0.2, 0.25) is 5.95 Å². The van der Waals surface area contributed by atoms with E-state index >= 15 is 0 Å². The van der Waals surface area contributed by atoms with Crippen molar-refractivity contribution < 1.29 is 18.7 Å². The van der Waals surface area contributed by atoms with Crippen LogP contribution in [0.15, 0.2) is 103 Å². The Balaban J connectivity index is 1.12. The van der Waals surface area contributed by atoms with Gasteiger partial charge in [0.25, 0.3) is 5.91 Å². The van der Waals surface area contributed by atoms with Crippen LogP contribution < -0.4 is 10.6 Å². The molecule has 0 atom stereocenters. The summed E-state index contributed by atoms with van der Waals surface area (Å²) in [4.78, 5) is 29.4. The number of halogens is 2. The Morgan fingerprint density at radius 2 is 1.64 bits per heavy atom. The number of fused-ring (bicyclic) bond motifs is 1. The molecule has 9 nitrogen and oxygen atoms in total. The molecule has 0 saturated carbocycles. The number of rotatable bonds is 9. The van der Waals surface area contributed by atoms with E-state index < -0.39 is 28.7 Å². The van der Waals surface area contributed by atoms with Crippen molar-refractivity contribution in [1.29, 1.82) is 0 Å². The lowest BCUT2D eigenvalue weighted by Crippen LogP contribution is -2.42. The first-order valence-corrected chi connectivity index (χ1v) is 16.6. The van der Waals surface area contributed by atoms with Crippen molar-refractivity contribution in [2.45, 2.75) is 38.2 Å². The van der Waals surface area contributed by atoms with Gasteiger partial charge in [0.1, 0.15) is 22.8 Å². The van der Waals surface area contributed by atoms with Crippen LogP contribution in [0.25, 0.3) is 28.3 Å². The van der Waals surface area contributed by atoms with Gasteiger partial charge in [-0.3, -0.25) is 9.20 Å². The molecule has 1 aliphatic heterocycles. The molecule has 254 valence electrons. The van der Waals surface area contributed by atoms with Gasteiger partial charge in [-0.1, -0.05) is 36.4 Å². The average Bonchev–Trinajstić information content (AvgIpc) is 3.48. The zero-order chi connectivity index (χ0) is 34.8. The maximum Gasteiger partial charge on any atom is 0.261 e. The number of anilines is 3. The lowest BCUT2D eigenvalue weighted by Gasteiger charge is -2.35. The van der Waals surface area contributed by atoms with Crippen molar-refractivity contribution in [3.8, 4) is 22.6 Å². The Bertz CT molecular complexity index is 2130. The van der Waals surface area contributed by atoms with Crippen LogP contribution in [0.3, 0.4) is 0 Å². The van der Waals surface area contributed by atoms with Crippen LogP contribution in [0.1, 0.15) is 48.5 Å². The monoisotopic (exact) mass is 673 g/mol. The Labute approximate surface area is 288 Å². The van der Waals surface area contributed by atoms with E-state index in [1.165, 1.54) is 11.6 Å². The second-order valence-corrected chi connectivity index (χ2v) is 13.2. The minimum absolute atomic E-state index is 0.353. The number of pyridine rings is 1. The predicted molar refractivity (Wildman–Crippen MR) is 190 cm³/mol. The molecule has 1 aliphatic rings. The number of aromatic nitrogens is 4. The molecule has 1 saturated heterocycles. The lowest BCUT2D eigenvalue weighted by atomic mass is 9.89. The average molecular weight is 674 g/mol. The van der Waals surface area contributed by atoms with E-state index in [2.05, 4.69) is 32.7 Å². The molecule has 4 heterocycles. The number of amides is 1. The number of carbonyl (C=O) groups excluding carboxylic acids is 1. The van der Waals surface area contributed by atoms with E-state index in [1.54, 1.807) is 24.4 Å². The number of imidazole rings is 1. The van der Waals surface area contributed by atoms with Crippen LogP contribution in [0, 0.1) is 11.6 Å². The zero-order valence-corrected chi connectivity index (χ0v) is 27.8. The van der Waals surface area contributed by atoms with Gasteiger partial charge < -0.3 is 20.6 Å². The molecular formula is C39H37F2N7O2. The van der Waals surface area contributed by atoms with Crippen LogP contribution >= 0.6 is 0 Å². The number of nitrogens with one attached hydrogen (secondary N) is 2. The van der Waals surface area contributed by atoms with Crippen LogP contribution in [-0.2, 0) is 0 Å².